The number of carbonyl (C=O) groups excluding carboxylic acids is 1. The maximum Gasteiger partial charge on any atom is 0.406 e. The summed E-state index contributed by atoms with van der Waals surface area (Å²) in [7, 11) is 1.33. The Labute approximate surface area is 95.6 Å². The largest absolute Gasteiger partial charge is 0.492 e. The second kappa shape index (κ2) is 6.00. The molecule has 4 heteroatoms. The molecule has 0 aliphatic rings. The summed E-state index contributed by atoms with van der Waals surface area (Å²) >= 11 is 0. The lowest BCUT2D eigenvalue weighted by atomic mass is 10.1. The van der Waals surface area contributed by atoms with Crippen LogP contribution in [0.25, 0.3) is 0 Å². The second-order valence-electron chi connectivity index (χ2n) is 3.51. The van der Waals surface area contributed by atoms with Gasteiger partial charge in [-0.25, -0.2) is 4.79 Å². The molecule has 0 fully saturated rings. The molecule has 0 aliphatic carbocycles. The van der Waals surface area contributed by atoms with Crippen LogP contribution in [0.4, 0.5) is 4.79 Å². The number of ether oxygens (including phenoxy) is 2. The summed E-state index contributed by atoms with van der Waals surface area (Å²) < 4.78 is 9.90. The summed E-state index contributed by atoms with van der Waals surface area (Å²) in [6.07, 6.45) is -0.441. The molecule has 0 heterocycles. The molecule has 0 unspecified atom stereocenters. The molecule has 0 aromatic heterocycles. The first-order chi connectivity index (χ1) is 7.63. The van der Waals surface area contributed by atoms with Crippen LogP contribution in [0.15, 0.2) is 18.2 Å². The van der Waals surface area contributed by atoms with Crippen LogP contribution in [-0.4, -0.2) is 26.4 Å². The fourth-order valence-electron chi connectivity index (χ4n) is 1.20. The van der Waals surface area contributed by atoms with Crippen LogP contribution in [0, 0.1) is 13.8 Å². The van der Waals surface area contributed by atoms with Crippen LogP contribution in [0.2, 0.25) is 0 Å². The number of methoxy groups -OCH3 is 1. The normalized spacial score (nSPS) is 9.69. The predicted octanol–water partition coefficient (Wildman–Crippen LogP) is 2.04. The van der Waals surface area contributed by atoms with E-state index in [4.69, 9.17) is 4.74 Å². The first kappa shape index (κ1) is 12.4. The summed E-state index contributed by atoms with van der Waals surface area (Å²) in [5, 5.41) is 2.54. The molecule has 88 valence electrons. The van der Waals surface area contributed by atoms with Gasteiger partial charge in [0, 0.05) is 0 Å². The number of hydrogen-bond acceptors (Lipinski definition) is 3. The third kappa shape index (κ3) is 3.81. The van der Waals surface area contributed by atoms with Crippen molar-refractivity contribution < 1.29 is 14.3 Å². The van der Waals surface area contributed by atoms with Crippen molar-refractivity contribution in [2.45, 2.75) is 13.8 Å². The zero-order valence-electron chi connectivity index (χ0n) is 9.87. The number of rotatable bonds is 4. The van der Waals surface area contributed by atoms with E-state index in [9.17, 15) is 4.79 Å². The number of nitrogens with one attached hydrogen (secondary N) is 1. The average molecular weight is 223 g/mol. The summed E-state index contributed by atoms with van der Waals surface area (Å²) in [4.78, 5) is 10.7. The smallest absolute Gasteiger partial charge is 0.406 e. The molecule has 0 atom stereocenters. The summed E-state index contributed by atoms with van der Waals surface area (Å²) in [6, 6.07) is 5.91. The highest BCUT2D eigenvalue weighted by molar-refractivity contribution is 5.66. The highest BCUT2D eigenvalue weighted by atomic mass is 16.5. The van der Waals surface area contributed by atoms with Gasteiger partial charge in [0.05, 0.1) is 13.7 Å². The lowest BCUT2D eigenvalue weighted by Gasteiger charge is -2.08. The molecule has 1 N–H and O–H groups in total. The van der Waals surface area contributed by atoms with Crippen molar-refractivity contribution in [2.24, 2.45) is 0 Å². The van der Waals surface area contributed by atoms with Crippen LogP contribution in [0.1, 0.15) is 11.1 Å². The van der Waals surface area contributed by atoms with Gasteiger partial charge in [0.1, 0.15) is 12.4 Å². The molecule has 1 rings (SSSR count). The molecule has 0 saturated heterocycles. The minimum Gasteiger partial charge on any atom is -0.492 e. The van der Waals surface area contributed by atoms with Gasteiger partial charge in [-0.1, -0.05) is 6.07 Å². The topological polar surface area (TPSA) is 47.6 Å². The quantitative estimate of drug-likeness (QED) is 0.794. The van der Waals surface area contributed by atoms with Crippen LogP contribution < -0.4 is 10.1 Å². The molecule has 0 bridgehead atoms. The van der Waals surface area contributed by atoms with Gasteiger partial charge >= 0.3 is 6.09 Å². The highest BCUT2D eigenvalue weighted by Crippen LogP contribution is 2.15. The molecule has 0 spiro atoms. The highest BCUT2D eigenvalue weighted by Gasteiger charge is 1.99. The van der Waals surface area contributed by atoms with E-state index < -0.39 is 6.09 Å². The Morgan fingerprint density at radius 1 is 1.31 bits per heavy atom. The van der Waals surface area contributed by atoms with E-state index in [0.717, 1.165) is 5.75 Å². The van der Waals surface area contributed by atoms with Gasteiger partial charge < -0.3 is 14.8 Å². The third-order valence-corrected chi connectivity index (χ3v) is 2.30. The van der Waals surface area contributed by atoms with Crippen LogP contribution >= 0.6 is 0 Å². The van der Waals surface area contributed by atoms with Crippen molar-refractivity contribution in [2.75, 3.05) is 20.3 Å². The first-order valence-electron chi connectivity index (χ1n) is 5.15. The fraction of sp³-hybridized carbons (Fsp3) is 0.417. The van der Waals surface area contributed by atoms with Crippen molar-refractivity contribution in [3.8, 4) is 5.75 Å². The molecule has 1 aromatic rings. The number of aryl methyl sites for hydroxylation is 2. The molecule has 1 aromatic carbocycles. The van der Waals surface area contributed by atoms with Crippen molar-refractivity contribution in [1.29, 1.82) is 0 Å². The third-order valence-electron chi connectivity index (χ3n) is 2.30. The summed E-state index contributed by atoms with van der Waals surface area (Å²) in [5.41, 5.74) is 2.43. The van der Waals surface area contributed by atoms with Gasteiger partial charge in [0.25, 0.3) is 0 Å². The van der Waals surface area contributed by atoms with Gasteiger partial charge in [-0.15, -0.1) is 0 Å². The number of amides is 1. The minimum atomic E-state index is -0.441. The number of benzene rings is 1. The van der Waals surface area contributed by atoms with Crippen LogP contribution in [-0.2, 0) is 4.74 Å². The predicted molar refractivity (Wildman–Crippen MR) is 61.8 cm³/mol. The maximum absolute atomic E-state index is 10.7. The van der Waals surface area contributed by atoms with E-state index in [1.807, 2.05) is 25.1 Å². The lowest BCUT2D eigenvalue weighted by molar-refractivity contribution is 0.168. The van der Waals surface area contributed by atoms with E-state index in [-0.39, 0.29) is 0 Å². The van der Waals surface area contributed by atoms with E-state index in [2.05, 4.69) is 17.0 Å². The Hall–Kier alpha value is -1.71. The average Bonchev–Trinajstić information content (AvgIpc) is 2.28. The van der Waals surface area contributed by atoms with Crippen molar-refractivity contribution >= 4 is 6.09 Å². The molecule has 4 nitrogen and oxygen atoms in total. The Kier molecular flexibility index (Phi) is 4.64. The first-order valence-corrected chi connectivity index (χ1v) is 5.15. The molecule has 1 amide bonds. The maximum atomic E-state index is 10.7. The molecular formula is C12H17NO3. The zero-order valence-corrected chi connectivity index (χ0v) is 9.87. The lowest BCUT2D eigenvalue weighted by Crippen LogP contribution is -2.27. The van der Waals surface area contributed by atoms with Crippen molar-refractivity contribution in [1.82, 2.24) is 5.32 Å². The Morgan fingerprint density at radius 2 is 2.06 bits per heavy atom. The van der Waals surface area contributed by atoms with E-state index in [1.165, 1.54) is 18.2 Å². The second-order valence-corrected chi connectivity index (χ2v) is 3.51. The monoisotopic (exact) mass is 223 g/mol. The van der Waals surface area contributed by atoms with Gasteiger partial charge in [-0.05, 0) is 37.1 Å². The SMILES string of the molecule is COC(=O)NCCOc1ccc(C)c(C)c1. The van der Waals surface area contributed by atoms with Crippen molar-refractivity contribution in [3.05, 3.63) is 29.3 Å². The number of hydrogen-bond donors (Lipinski definition) is 1. The van der Waals surface area contributed by atoms with Crippen molar-refractivity contribution in [3.63, 3.8) is 0 Å². The summed E-state index contributed by atoms with van der Waals surface area (Å²) in [6.45, 7) is 4.95. The van der Waals surface area contributed by atoms with E-state index in [0.29, 0.717) is 13.2 Å². The number of carbonyl (C=O) groups is 1. The van der Waals surface area contributed by atoms with Gasteiger partial charge in [-0.2, -0.15) is 0 Å². The van der Waals surface area contributed by atoms with E-state index in [1.54, 1.807) is 0 Å². The minimum absolute atomic E-state index is 0.428. The fourth-order valence-corrected chi connectivity index (χ4v) is 1.20. The van der Waals surface area contributed by atoms with Gasteiger partial charge in [0.2, 0.25) is 0 Å². The van der Waals surface area contributed by atoms with Gasteiger partial charge in [0.15, 0.2) is 0 Å². The number of alkyl carbamates (subject to hydrolysis) is 1. The standard InChI is InChI=1S/C12H17NO3/c1-9-4-5-11(8-10(9)2)16-7-6-13-12(14)15-3/h4-5,8H,6-7H2,1-3H3,(H,13,14). The molecular weight excluding hydrogens is 206 g/mol. The Bertz CT molecular complexity index is 363. The van der Waals surface area contributed by atoms with Crippen LogP contribution in [0.5, 0.6) is 5.75 Å². The molecule has 0 radical (unpaired) electrons. The summed E-state index contributed by atoms with van der Waals surface area (Å²) in [5.74, 6) is 0.815. The Balaban J connectivity index is 2.32. The van der Waals surface area contributed by atoms with Gasteiger partial charge in [-0.3, -0.25) is 0 Å². The molecule has 0 aliphatic heterocycles. The van der Waals surface area contributed by atoms with E-state index >= 15 is 0 Å². The molecule has 16 heavy (non-hydrogen) atoms. The Morgan fingerprint density at radius 3 is 2.69 bits per heavy atom. The molecule has 0 saturated carbocycles. The zero-order chi connectivity index (χ0) is 12.0. The van der Waals surface area contributed by atoms with Crippen LogP contribution in [0.3, 0.4) is 0 Å².